The first-order chi connectivity index (χ1) is 17.4. The lowest BCUT2D eigenvalue weighted by Gasteiger charge is -2.14. The Balaban J connectivity index is 1.65. The van der Waals surface area contributed by atoms with Crippen LogP contribution in [0.4, 0.5) is 0 Å². The van der Waals surface area contributed by atoms with Gasteiger partial charge in [-0.1, -0.05) is 67.2 Å². The van der Waals surface area contributed by atoms with Gasteiger partial charge in [0.1, 0.15) is 0 Å². The van der Waals surface area contributed by atoms with E-state index in [2.05, 4.69) is 6.58 Å². The number of rotatable bonds is 7. The molecule has 1 heterocycles. The van der Waals surface area contributed by atoms with E-state index in [0.29, 0.717) is 22.7 Å². The van der Waals surface area contributed by atoms with E-state index in [-0.39, 0.29) is 4.90 Å². The van der Waals surface area contributed by atoms with E-state index in [9.17, 15) is 8.42 Å². The van der Waals surface area contributed by atoms with E-state index < -0.39 is 10.0 Å². The number of ether oxygens (including phenoxy) is 2. The molecule has 0 radical (unpaired) electrons. The molecule has 180 valence electrons. The quantitative estimate of drug-likeness (QED) is 0.254. The molecule has 0 atom stereocenters. The fourth-order valence-electron chi connectivity index (χ4n) is 4.34. The number of hydrogen-bond donors (Lipinski definition) is 0. The molecule has 4 aromatic carbocycles. The molecule has 36 heavy (non-hydrogen) atoms. The van der Waals surface area contributed by atoms with Crippen molar-refractivity contribution < 1.29 is 17.9 Å². The monoisotopic (exact) mass is 495 g/mol. The highest BCUT2D eigenvalue weighted by Crippen LogP contribution is 2.36. The Morgan fingerprint density at radius 2 is 1.42 bits per heavy atom. The Morgan fingerprint density at radius 1 is 0.722 bits per heavy atom. The second-order valence-electron chi connectivity index (χ2n) is 8.30. The van der Waals surface area contributed by atoms with E-state index in [1.807, 2.05) is 72.8 Å². The predicted octanol–water partition coefficient (Wildman–Crippen LogP) is 6.62. The normalized spacial score (nSPS) is 11.4. The summed E-state index contributed by atoms with van der Waals surface area (Å²) in [6.07, 6.45) is 0. The molecule has 0 saturated heterocycles. The van der Waals surface area contributed by atoms with Crippen LogP contribution in [0.2, 0.25) is 0 Å². The Labute approximate surface area is 210 Å². The number of fused-ring (bicyclic) bond motifs is 1. The molecule has 1 aromatic heterocycles. The summed E-state index contributed by atoms with van der Waals surface area (Å²) >= 11 is 0. The van der Waals surface area contributed by atoms with Crippen LogP contribution in [0.25, 0.3) is 27.7 Å². The lowest BCUT2D eigenvalue weighted by Crippen LogP contribution is -2.14. The highest BCUT2D eigenvalue weighted by Gasteiger charge is 2.24. The summed E-state index contributed by atoms with van der Waals surface area (Å²) in [5.74, 6) is 1.25. The number of methoxy groups -OCH3 is 2. The molecule has 5 aromatic rings. The van der Waals surface area contributed by atoms with Crippen molar-refractivity contribution in [1.82, 2.24) is 3.97 Å². The van der Waals surface area contributed by atoms with Crippen molar-refractivity contribution in [2.75, 3.05) is 14.2 Å². The lowest BCUT2D eigenvalue weighted by atomic mass is 9.97. The minimum atomic E-state index is -3.84. The van der Waals surface area contributed by atoms with Gasteiger partial charge in [-0.2, -0.15) is 0 Å². The Kier molecular flexibility index (Phi) is 6.12. The van der Waals surface area contributed by atoms with Crippen molar-refractivity contribution in [3.05, 3.63) is 121 Å². The van der Waals surface area contributed by atoms with Gasteiger partial charge in [-0.3, -0.25) is 0 Å². The van der Waals surface area contributed by atoms with E-state index in [0.717, 1.165) is 27.6 Å². The van der Waals surface area contributed by atoms with Gasteiger partial charge in [-0.25, -0.2) is 12.4 Å². The minimum absolute atomic E-state index is 0.235. The maximum absolute atomic E-state index is 13.8. The molecular weight excluding hydrogens is 470 g/mol. The Bertz CT molecular complexity index is 1690. The van der Waals surface area contributed by atoms with Crippen LogP contribution >= 0.6 is 0 Å². The van der Waals surface area contributed by atoms with Crippen LogP contribution in [0.3, 0.4) is 0 Å². The lowest BCUT2D eigenvalue weighted by molar-refractivity contribution is 0.355. The van der Waals surface area contributed by atoms with Gasteiger partial charge in [0.2, 0.25) is 0 Å². The molecule has 0 aliphatic rings. The van der Waals surface area contributed by atoms with Crippen molar-refractivity contribution in [1.29, 1.82) is 0 Å². The average molecular weight is 496 g/mol. The van der Waals surface area contributed by atoms with E-state index >= 15 is 0 Å². The molecule has 0 unspecified atom stereocenters. The fraction of sp³-hybridized carbons (Fsp3) is 0.0667. The van der Waals surface area contributed by atoms with Crippen molar-refractivity contribution >= 4 is 26.5 Å². The SMILES string of the molecule is C=C(c1cccc(-c2cc3ccccc3n2S(=O)(=O)c2ccccc2)c1)c1ccc(OC)c(OC)c1. The predicted molar refractivity (Wildman–Crippen MR) is 144 cm³/mol. The van der Waals surface area contributed by atoms with E-state index in [1.54, 1.807) is 44.6 Å². The number of hydrogen-bond acceptors (Lipinski definition) is 4. The summed E-state index contributed by atoms with van der Waals surface area (Å²) in [4.78, 5) is 0.235. The highest BCUT2D eigenvalue weighted by atomic mass is 32.2. The molecule has 6 heteroatoms. The molecule has 0 fully saturated rings. The summed E-state index contributed by atoms with van der Waals surface area (Å²) in [6, 6.07) is 31.3. The highest BCUT2D eigenvalue weighted by molar-refractivity contribution is 7.90. The molecule has 0 amide bonds. The van der Waals surface area contributed by atoms with Gasteiger partial charge in [0.15, 0.2) is 11.5 Å². The van der Waals surface area contributed by atoms with Crippen molar-refractivity contribution in [3.63, 3.8) is 0 Å². The fourth-order valence-corrected chi connectivity index (χ4v) is 5.90. The molecule has 5 nitrogen and oxygen atoms in total. The molecular formula is C30H25NO4S. The van der Waals surface area contributed by atoms with Gasteiger partial charge >= 0.3 is 0 Å². The Hall–Kier alpha value is -4.29. The summed E-state index contributed by atoms with van der Waals surface area (Å²) in [6.45, 7) is 4.30. The minimum Gasteiger partial charge on any atom is -0.493 e. The van der Waals surface area contributed by atoms with Crippen molar-refractivity contribution in [3.8, 4) is 22.8 Å². The van der Waals surface area contributed by atoms with Gasteiger partial charge in [0, 0.05) is 5.39 Å². The van der Waals surface area contributed by atoms with Crippen LogP contribution in [0, 0.1) is 0 Å². The third-order valence-electron chi connectivity index (χ3n) is 6.19. The first kappa shape index (κ1) is 23.5. The molecule has 0 N–H and O–H groups in total. The summed E-state index contributed by atoms with van der Waals surface area (Å²) in [5, 5.41) is 0.844. The first-order valence-electron chi connectivity index (χ1n) is 11.4. The maximum atomic E-state index is 13.8. The maximum Gasteiger partial charge on any atom is 0.268 e. The third-order valence-corrected chi connectivity index (χ3v) is 7.93. The van der Waals surface area contributed by atoms with Crippen LogP contribution in [0.5, 0.6) is 11.5 Å². The zero-order valence-corrected chi connectivity index (χ0v) is 20.8. The van der Waals surface area contributed by atoms with Crippen LogP contribution < -0.4 is 9.47 Å². The average Bonchev–Trinajstić information content (AvgIpc) is 3.33. The Morgan fingerprint density at radius 3 is 2.17 bits per heavy atom. The van der Waals surface area contributed by atoms with Gasteiger partial charge in [0.25, 0.3) is 10.0 Å². The zero-order valence-electron chi connectivity index (χ0n) is 20.0. The summed E-state index contributed by atoms with van der Waals surface area (Å²) in [5.41, 5.74) is 4.51. The number of benzene rings is 4. The summed E-state index contributed by atoms with van der Waals surface area (Å²) < 4.78 is 39.8. The second kappa shape index (κ2) is 9.40. The van der Waals surface area contributed by atoms with Gasteiger partial charge in [-0.05, 0) is 64.7 Å². The molecule has 0 aliphatic carbocycles. The van der Waals surface area contributed by atoms with Crippen LogP contribution in [0.1, 0.15) is 11.1 Å². The van der Waals surface area contributed by atoms with Crippen molar-refractivity contribution in [2.45, 2.75) is 4.90 Å². The van der Waals surface area contributed by atoms with Crippen molar-refractivity contribution in [2.24, 2.45) is 0 Å². The smallest absolute Gasteiger partial charge is 0.268 e. The molecule has 0 spiro atoms. The van der Waals surface area contributed by atoms with E-state index in [1.165, 1.54) is 3.97 Å². The van der Waals surface area contributed by atoms with Crippen LogP contribution in [-0.4, -0.2) is 26.6 Å². The number of aromatic nitrogens is 1. The largest absolute Gasteiger partial charge is 0.493 e. The molecule has 0 bridgehead atoms. The zero-order chi connectivity index (χ0) is 25.3. The van der Waals surface area contributed by atoms with Crippen LogP contribution in [-0.2, 0) is 10.0 Å². The molecule has 0 aliphatic heterocycles. The molecule has 0 saturated carbocycles. The van der Waals surface area contributed by atoms with E-state index in [4.69, 9.17) is 9.47 Å². The first-order valence-corrected chi connectivity index (χ1v) is 12.8. The van der Waals surface area contributed by atoms with Gasteiger partial charge in [0.05, 0.1) is 30.3 Å². The third kappa shape index (κ3) is 4.06. The standard InChI is InChI=1S/C30H25NO4S/c1-21(23-16-17-29(34-2)30(20-23)35-3)22-11-9-12-24(18-22)28-19-25-10-7-8-15-27(25)31(28)36(32,33)26-13-5-4-6-14-26/h4-20H,1H2,2-3H3. The van der Waals surface area contributed by atoms with Crippen LogP contribution in [0.15, 0.2) is 115 Å². The molecule has 5 rings (SSSR count). The number of nitrogens with zero attached hydrogens (tertiary/aromatic N) is 1. The summed E-state index contributed by atoms with van der Waals surface area (Å²) in [7, 11) is -0.649. The van der Waals surface area contributed by atoms with Gasteiger partial charge in [-0.15, -0.1) is 0 Å². The van der Waals surface area contributed by atoms with Gasteiger partial charge < -0.3 is 9.47 Å². The number of para-hydroxylation sites is 1. The topological polar surface area (TPSA) is 57.5 Å². The second-order valence-corrected chi connectivity index (χ2v) is 10.1.